The number of pyridine rings is 1. The molecule has 1 aromatic heterocycles. The maximum atomic E-state index is 12.8. The second-order valence-electron chi connectivity index (χ2n) is 6.72. The normalized spacial score (nSPS) is 16.9. The average molecular weight is 400 g/mol. The lowest BCUT2D eigenvalue weighted by Crippen LogP contribution is -2.31. The molecule has 2 aromatic rings. The van der Waals surface area contributed by atoms with Crippen LogP contribution in [0.2, 0.25) is 5.02 Å². The zero-order chi connectivity index (χ0) is 19.6. The summed E-state index contributed by atoms with van der Waals surface area (Å²) in [4.78, 5) is 31.0. The third kappa shape index (κ3) is 4.32. The Morgan fingerprint density at radius 3 is 2.59 bits per heavy atom. The molecule has 1 atom stereocenters. The number of amides is 2. The average Bonchev–Trinajstić information content (AvgIpc) is 2.89. The second-order valence-corrected chi connectivity index (χ2v) is 8.35. The number of hydrogen-bond donors (Lipinski definition) is 0. The number of hydrogen-bond acceptors (Lipinski definition) is 5. The van der Waals surface area contributed by atoms with Crippen LogP contribution in [0.3, 0.4) is 0 Å². The molecule has 0 radical (unpaired) electrons. The van der Waals surface area contributed by atoms with Gasteiger partial charge in [0.05, 0.1) is 16.5 Å². The monoisotopic (exact) mass is 399 g/mol. The number of benzene rings is 1. The first-order valence-corrected chi connectivity index (χ1v) is 9.84. The molecule has 0 bridgehead atoms. The van der Waals surface area contributed by atoms with Crippen LogP contribution in [-0.2, 0) is 16.0 Å². The highest BCUT2D eigenvalue weighted by atomic mass is 35.5. The molecule has 1 aliphatic rings. The largest absolute Gasteiger partial charge is 0.274 e. The molecule has 1 fully saturated rings. The number of nitriles is 1. The lowest BCUT2D eigenvalue weighted by molar-refractivity contribution is -0.121. The number of anilines is 1. The smallest absolute Gasteiger partial charge is 0.247 e. The van der Waals surface area contributed by atoms with Crippen molar-refractivity contribution in [2.75, 3.05) is 4.90 Å². The molecule has 0 N–H and O–H groups in total. The summed E-state index contributed by atoms with van der Waals surface area (Å²) in [5.41, 5.74) is 1.79. The van der Waals surface area contributed by atoms with Crippen LogP contribution >= 0.6 is 23.4 Å². The lowest BCUT2D eigenvalue weighted by atomic mass is 10.1. The Labute approximate surface area is 167 Å². The quantitative estimate of drug-likeness (QED) is 0.703. The van der Waals surface area contributed by atoms with Gasteiger partial charge in [-0.15, -0.1) is 0 Å². The van der Waals surface area contributed by atoms with Gasteiger partial charge in [-0.2, -0.15) is 5.26 Å². The Bertz CT molecular complexity index is 922. The highest BCUT2D eigenvalue weighted by Crippen LogP contribution is 2.35. The van der Waals surface area contributed by atoms with Gasteiger partial charge in [-0.25, -0.2) is 9.88 Å². The summed E-state index contributed by atoms with van der Waals surface area (Å²) < 4.78 is 0. The van der Waals surface area contributed by atoms with Gasteiger partial charge in [-0.1, -0.05) is 37.2 Å². The van der Waals surface area contributed by atoms with E-state index in [1.165, 1.54) is 16.7 Å². The molecule has 27 heavy (non-hydrogen) atoms. The third-order valence-electron chi connectivity index (χ3n) is 4.10. The van der Waals surface area contributed by atoms with Gasteiger partial charge in [0.25, 0.3) is 0 Å². The molecule has 0 saturated carbocycles. The van der Waals surface area contributed by atoms with Crippen molar-refractivity contribution >= 4 is 40.9 Å². The van der Waals surface area contributed by atoms with E-state index in [1.807, 2.05) is 6.07 Å². The van der Waals surface area contributed by atoms with Crippen molar-refractivity contribution in [1.82, 2.24) is 4.98 Å². The molecule has 7 heteroatoms. The fraction of sp³-hybridized carbons (Fsp3) is 0.300. The molecule has 0 spiro atoms. The van der Waals surface area contributed by atoms with Crippen molar-refractivity contribution in [2.24, 2.45) is 5.92 Å². The number of nitrogens with zero attached hydrogens (tertiary/aromatic N) is 3. The standard InChI is InChI=1S/C20H18ClN3O2S/c1-12(2)9-15-6-3-13(11-22)19(23-15)27-17-10-18(25)24(20(17)26)16-7-4-14(21)5-8-16/h3-8,12,17H,9-10H2,1-2H3/t17-/m1/s1. The van der Waals surface area contributed by atoms with E-state index < -0.39 is 5.25 Å². The van der Waals surface area contributed by atoms with Crippen molar-refractivity contribution in [2.45, 2.75) is 37.0 Å². The van der Waals surface area contributed by atoms with Crippen molar-refractivity contribution < 1.29 is 9.59 Å². The summed E-state index contributed by atoms with van der Waals surface area (Å²) in [5, 5.41) is 9.80. The van der Waals surface area contributed by atoms with Gasteiger partial charge in [-0.3, -0.25) is 9.59 Å². The molecular weight excluding hydrogens is 382 g/mol. The van der Waals surface area contributed by atoms with Gasteiger partial charge in [0.1, 0.15) is 11.1 Å². The Hall–Kier alpha value is -2.36. The summed E-state index contributed by atoms with van der Waals surface area (Å²) in [6.45, 7) is 4.19. The summed E-state index contributed by atoms with van der Waals surface area (Å²) in [7, 11) is 0. The molecule has 0 aliphatic carbocycles. The van der Waals surface area contributed by atoms with E-state index in [1.54, 1.807) is 30.3 Å². The number of carbonyl (C=O) groups is 2. The van der Waals surface area contributed by atoms with Gasteiger partial charge in [0, 0.05) is 17.1 Å². The van der Waals surface area contributed by atoms with E-state index in [0.29, 0.717) is 27.2 Å². The first kappa shape index (κ1) is 19.4. The van der Waals surface area contributed by atoms with Crippen molar-refractivity contribution in [3.8, 4) is 6.07 Å². The number of carbonyl (C=O) groups excluding carboxylic acids is 2. The third-order valence-corrected chi connectivity index (χ3v) is 5.54. The minimum Gasteiger partial charge on any atom is -0.274 e. The predicted octanol–water partition coefficient (Wildman–Crippen LogP) is 4.23. The number of imide groups is 1. The van der Waals surface area contributed by atoms with Crippen LogP contribution in [0.25, 0.3) is 0 Å². The van der Waals surface area contributed by atoms with E-state index in [0.717, 1.165) is 12.1 Å². The second kappa shape index (κ2) is 8.12. The molecule has 1 aliphatic heterocycles. The van der Waals surface area contributed by atoms with Gasteiger partial charge in [0.2, 0.25) is 11.8 Å². The topological polar surface area (TPSA) is 74.1 Å². The molecule has 1 saturated heterocycles. The van der Waals surface area contributed by atoms with Crippen LogP contribution in [0.1, 0.15) is 31.5 Å². The Morgan fingerprint density at radius 1 is 1.26 bits per heavy atom. The van der Waals surface area contributed by atoms with Crippen LogP contribution in [-0.4, -0.2) is 22.0 Å². The molecular formula is C20H18ClN3O2S. The molecule has 2 heterocycles. The Kier molecular flexibility index (Phi) is 5.83. The lowest BCUT2D eigenvalue weighted by Gasteiger charge is -2.15. The number of halogens is 1. The summed E-state index contributed by atoms with van der Waals surface area (Å²) in [5.74, 6) is -0.137. The molecule has 1 aromatic carbocycles. The van der Waals surface area contributed by atoms with E-state index in [2.05, 4.69) is 24.9 Å². The van der Waals surface area contributed by atoms with Gasteiger partial charge >= 0.3 is 0 Å². The van der Waals surface area contributed by atoms with Crippen LogP contribution in [0, 0.1) is 17.2 Å². The van der Waals surface area contributed by atoms with Crippen LogP contribution in [0.5, 0.6) is 0 Å². The number of thioether (sulfide) groups is 1. The van der Waals surface area contributed by atoms with Crippen molar-refractivity contribution in [1.29, 1.82) is 5.26 Å². The number of aromatic nitrogens is 1. The van der Waals surface area contributed by atoms with E-state index >= 15 is 0 Å². The zero-order valence-electron chi connectivity index (χ0n) is 15.0. The van der Waals surface area contributed by atoms with Gasteiger partial charge < -0.3 is 0 Å². The maximum absolute atomic E-state index is 12.8. The minimum atomic E-state index is -0.595. The molecule has 2 amide bonds. The molecule has 5 nitrogen and oxygen atoms in total. The van der Waals surface area contributed by atoms with Gasteiger partial charge in [0.15, 0.2) is 0 Å². The van der Waals surface area contributed by atoms with Crippen molar-refractivity contribution in [3.05, 3.63) is 52.7 Å². The number of rotatable bonds is 5. The highest BCUT2D eigenvalue weighted by Gasteiger charge is 2.40. The first-order valence-electron chi connectivity index (χ1n) is 8.58. The fourth-order valence-corrected chi connectivity index (χ4v) is 4.12. The van der Waals surface area contributed by atoms with Crippen molar-refractivity contribution in [3.63, 3.8) is 0 Å². The summed E-state index contributed by atoms with van der Waals surface area (Å²) in [6, 6.07) is 12.3. The minimum absolute atomic E-state index is 0.0765. The predicted molar refractivity (Wildman–Crippen MR) is 106 cm³/mol. The Morgan fingerprint density at radius 2 is 1.96 bits per heavy atom. The molecule has 138 valence electrons. The van der Waals surface area contributed by atoms with E-state index in [4.69, 9.17) is 11.6 Å². The van der Waals surface area contributed by atoms with E-state index in [-0.39, 0.29) is 18.2 Å². The van der Waals surface area contributed by atoms with Gasteiger partial charge in [-0.05, 0) is 48.7 Å². The fourth-order valence-electron chi connectivity index (χ4n) is 2.88. The summed E-state index contributed by atoms with van der Waals surface area (Å²) in [6.07, 6.45) is 0.862. The maximum Gasteiger partial charge on any atom is 0.247 e. The first-order chi connectivity index (χ1) is 12.9. The highest BCUT2D eigenvalue weighted by molar-refractivity contribution is 8.00. The molecule has 3 rings (SSSR count). The summed E-state index contributed by atoms with van der Waals surface area (Å²) >= 11 is 7.07. The van der Waals surface area contributed by atoms with Crippen LogP contribution in [0.4, 0.5) is 5.69 Å². The zero-order valence-corrected chi connectivity index (χ0v) is 16.5. The van der Waals surface area contributed by atoms with E-state index in [9.17, 15) is 14.9 Å². The Balaban J connectivity index is 1.84. The molecule has 0 unspecified atom stereocenters. The SMILES string of the molecule is CC(C)Cc1ccc(C#N)c(S[C@@H]2CC(=O)N(c3ccc(Cl)cc3)C2=O)n1. The van der Waals surface area contributed by atoms with Crippen LogP contribution in [0.15, 0.2) is 41.4 Å². The van der Waals surface area contributed by atoms with Crippen LogP contribution < -0.4 is 4.90 Å².